The highest BCUT2D eigenvalue weighted by atomic mass is 16.5. The summed E-state index contributed by atoms with van der Waals surface area (Å²) >= 11 is 0. The van der Waals surface area contributed by atoms with Gasteiger partial charge >= 0.3 is 0 Å². The topological polar surface area (TPSA) is 42.3 Å². The third-order valence-electron chi connectivity index (χ3n) is 2.63. The van der Waals surface area contributed by atoms with E-state index in [1.165, 1.54) is 0 Å². The molecule has 1 aliphatic rings. The zero-order valence-corrected chi connectivity index (χ0v) is 9.31. The Labute approximate surface area is 90.0 Å². The molecule has 2 rings (SSSR count). The molecule has 0 radical (unpaired) electrons. The largest absolute Gasteiger partial charge is 0.379 e. The van der Waals surface area contributed by atoms with E-state index in [1.807, 2.05) is 24.0 Å². The predicted molar refractivity (Wildman–Crippen MR) is 57.2 cm³/mol. The molecule has 1 aromatic heterocycles. The number of ether oxygens (including phenoxy) is 1. The quantitative estimate of drug-likeness (QED) is 0.780. The van der Waals surface area contributed by atoms with Gasteiger partial charge in [0.15, 0.2) is 0 Å². The minimum atomic E-state index is 0.239. The first-order chi connectivity index (χ1) is 7.27. The maximum Gasteiger partial charge on any atom is 0.126 e. The second-order valence-corrected chi connectivity index (χ2v) is 3.85. The van der Waals surface area contributed by atoms with E-state index in [1.54, 1.807) is 0 Å². The molecule has 1 fully saturated rings. The molecule has 1 saturated heterocycles. The van der Waals surface area contributed by atoms with E-state index in [9.17, 15) is 0 Å². The van der Waals surface area contributed by atoms with E-state index in [-0.39, 0.29) is 6.04 Å². The van der Waals surface area contributed by atoms with Crippen LogP contribution >= 0.6 is 0 Å². The van der Waals surface area contributed by atoms with Crippen molar-refractivity contribution in [1.29, 1.82) is 0 Å². The van der Waals surface area contributed by atoms with Gasteiger partial charge in [-0.3, -0.25) is 0 Å². The van der Waals surface area contributed by atoms with Gasteiger partial charge < -0.3 is 9.30 Å². The molecule has 0 spiro atoms. The maximum absolute atomic E-state index is 5.29. The summed E-state index contributed by atoms with van der Waals surface area (Å²) < 4.78 is 7.33. The number of rotatable bonds is 3. The van der Waals surface area contributed by atoms with Crippen LogP contribution < -0.4 is 5.43 Å². The highest BCUT2D eigenvalue weighted by molar-refractivity contribution is 4.96. The monoisotopic (exact) mass is 210 g/mol. The van der Waals surface area contributed by atoms with Gasteiger partial charge in [0.2, 0.25) is 0 Å². The Morgan fingerprint density at radius 2 is 2.20 bits per heavy atom. The number of nitrogens with zero attached hydrogens (tertiary/aromatic N) is 3. The molecule has 5 nitrogen and oxygen atoms in total. The van der Waals surface area contributed by atoms with Crippen LogP contribution in [0.2, 0.25) is 0 Å². The smallest absolute Gasteiger partial charge is 0.126 e. The van der Waals surface area contributed by atoms with Crippen LogP contribution in [0.5, 0.6) is 0 Å². The van der Waals surface area contributed by atoms with Gasteiger partial charge in [0, 0.05) is 32.5 Å². The van der Waals surface area contributed by atoms with Crippen molar-refractivity contribution < 1.29 is 4.74 Å². The highest BCUT2D eigenvalue weighted by Gasteiger charge is 2.16. The summed E-state index contributed by atoms with van der Waals surface area (Å²) in [5.41, 5.74) is 3.43. The number of hydrogen-bond acceptors (Lipinski definition) is 4. The summed E-state index contributed by atoms with van der Waals surface area (Å²) in [6.07, 6.45) is 3.79. The summed E-state index contributed by atoms with van der Waals surface area (Å²) in [5.74, 6) is 1.06. The van der Waals surface area contributed by atoms with Crippen molar-refractivity contribution in [1.82, 2.24) is 20.0 Å². The Balaban J connectivity index is 1.91. The zero-order valence-electron chi connectivity index (χ0n) is 9.31. The fourth-order valence-electron chi connectivity index (χ4n) is 1.82. The molecule has 0 bridgehead atoms. The average Bonchev–Trinajstić information content (AvgIpc) is 2.66. The molecule has 1 unspecified atom stereocenters. The maximum atomic E-state index is 5.29. The molecule has 0 amide bonds. The van der Waals surface area contributed by atoms with Gasteiger partial charge in [-0.25, -0.2) is 15.4 Å². The van der Waals surface area contributed by atoms with Crippen LogP contribution in [0.1, 0.15) is 18.8 Å². The van der Waals surface area contributed by atoms with Crippen LogP contribution in [0, 0.1) is 0 Å². The lowest BCUT2D eigenvalue weighted by Gasteiger charge is -2.30. The van der Waals surface area contributed by atoms with E-state index < -0.39 is 0 Å². The second-order valence-electron chi connectivity index (χ2n) is 3.85. The Hall–Kier alpha value is -0.910. The van der Waals surface area contributed by atoms with Crippen molar-refractivity contribution in [3.63, 3.8) is 0 Å². The molecule has 0 saturated carbocycles. The molecule has 15 heavy (non-hydrogen) atoms. The van der Waals surface area contributed by atoms with E-state index >= 15 is 0 Å². The molecule has 84 valence electrons. The van der Waals surface area contributed by atoms with Gasteiger partial charge in [0.25, 0.3) is 0 Å². The van der Waals surface area contributed by atoms with Crippen LogP contribution in [0.3, 0.4) is 0 Å². The summed E-state index contributed by atoms with van der Waals surface area (Å²) in [5, 5.41) is 2.20. The van der Waals surface area contributed by atoms with Gasteiger partial charge in [-0.1, -0.05) is 0 Å². The lowest BCUT2D eigenvalue weighted by molar-refractivity contribution is 0.00398. The lowest BCUT2D eigenvalue weighted by atomic mass is 10.3. The molecule has 1 aliphatic heterocycles. The molecule has 2 heterocycles. The Morgan fingerprint density at radius 3 is 2.80 bits per heavy atom. The molecule has 1 atom stereocenters. The van der Waals surface area contributed by atoms with Crippen LogP contribution in [-0.4, -0.2) is 40.9 Å². The molecule has 0 aliphatic carbocycles. The first-order valence-electron chi connectivity index (χ1n) is 5.33. The normalized spacial score (nSPS) is 20.4. The Bertz CT molecular complexity index is 306. The van der Waals surface area contributed by atoms with Crippen LogP contribution in [0.15, 0.2) is 12.4 Å². The van der Waals surface area contributed by atoms with Gasteiger partial charge in [0.05, 0.1) is 19.3 Å². The number of nitrogens with one attached hydrogen (secondary N) is 1. The Morgan fingerprint density at radius 1 is 1.47 bits per heavy atom. The highest BCUT2D eigenvalue weighted by Crippen LogP contribution is 2.09. The average molecular weight is 210 g/mol. The minimum Gasteiger partial charge on any atom is -0.379 e. The van der Waals surface area contributed by atoms with Crippen LogP contribution in [0.25, 0.3) is 0 Å². The third-order valence-corrected chi connectivity index (χ3v) is 2.63. The number of aromatic nitrogens is 2. The predicted octanol–water partition coefficient (Wildman–Crippen LogP) is 0.318. The fourth-order valence-corrected chi connectivity index (χ4v) is 1.82. The van der Waals surface area contributed by atoms with Crippen molar-refractivity contribution in [3.05, 3.63) is 18.2 Å². The van der Waals surface area contributed by atoms with E-state index in [0.717, 1.165) is 32.1 Å². The van der Waals surface area contributed by atoms with Gasteiger partial charge in [-0.05, 0) is 6.92 Å². The van der Waals surface area contributed by atoms with Crippen molar-refractivity contribution in [2.75, 3.05) is 26.3 Å². The van der Waals surface area contributed by atoms with Gasteiger partial charge in [-0.2, -0.15) is 0 Å². The van der Waals surface area contributed by atoms with Crippen molar-refractivity contribution in [2.45, 2.75) is 13.0 Å². The standard InChI is InChI=1S/C10H18N4O/c1-9(10-11-3-4-13(10)2)12-14-5-7-15-8-6-14/h3-4,9,12H,5-8H2,1-2H3. The van der Waals surface area contributed by atoms with Crippen molar-refractivity contribution in [3.8, 4) is 0 Å². The van der Waals surface area contributed by atoms with Crippen LogP contribution in [0.4, 0.5) is 0 Å². The third kappa shape index (κ3) is 2.56. The molecule has 5 heteroatoms. The van der Waals surface area contributed by atoms with Crippen molar-refractivity contribution in [2.24, 2.45) is 7.05 Å². The molecule has 1 N–H and O–H groups in total. The Kier molecular flexibility index (Phi) is 3.35. The van der Waals surface area contributed by atoms with Gasteiger partial charge in [0.1, 0.15) is 5.82 Å². The number of hydrazine groups is 1. The number of aryl methyl sites for hydroxylation is 1. The first-order valence-corrected chi connectivity index (χ1v) is 5.33. The summed E-state index contributed by atoms with van der Waals surface area (Å²) in [6, 6.07) is 0.239. The first kappa shape index (κ1) is 10.6. The molecule has 1 aromatic rings. The SMILES string of the molecule is CC(NN1CCOCC1)c1nccn1C. The lowest BCUT2D eigenvalue weighted by Crippen LogP contribution is -2.47. The minimum absolute atomic E-state index is 0.239. The van der Waals surface area contributed by atoms with E-state index in [0.29, 0.717) is 0 Å². The van der Waals surface area contributed by atoms with Crippen LogP contribution in [-0.2, 0) is 11.8 Å². The number of hydrogen-bond donors (Lipinski definition) is 1. The van der Waals surface area contributed by atoms with Gasteiger partial charge in [-0.15, -0.1) is 0 Å². The molecule has 0 aromatic carbocycles. The number of morpholine rings is 1. The van der Waals surface area contributed by atoms with E-state index in [4.69, 9.17) is 4.74 Å². The fraction of sp³-hybridized carbons (Fsp3) is 0.700. The zero-order chi connectivity index (χ0) is 10.7. The molecular weight excluding hydrogens is 192 g/mol. The number of imidazole rings is 1. The summed E-state index contributed by atoms with van der Waals surface area (Å²) in [7, 11) is 2.01. The summed E-state index contributed by atoms with van der Waals surface area (Å²) in [4.78, 5) is 4.32. The second kappa shape index (κ2) is 4.74. The summed E-state index contributed by atoms with van der Waals surface area (Å²) in [6.45, 7) is 5.61. The van der Waals surface area contributed by atoms with Crippen molar-refractivity contribution >= 4 is 0 Å². The van der Waals surface area contributed by atoms with E-state index in [2.05, 4.69) is 22.3 Å². The molecular formula is C10H18N4O.